The van der Waals surface area contributed by atoms with Crippen molar-refractivity contribution in [2.24, 2.45) is 17.3 Å². The molecule has 0 aliphatic heterocycles. The molecule has 68 valence electrons. The van der Waals surface area contributed by atoms with E-state index in [-0.39, 0.29) is 11.3 Å². The predicted molar refractivity (Wildman–Crippen MR) is 50.9 cm³/mol. The molecule has 2 atom stereocenters. The third kappa shape index (κ3) is 1.45. The summed E-state index contributed by atoms with van der Waals surface area (Å²) >= 11 is 0. The second-order valence-corrected chi connectivity index (χ2v) is 4.68. The Morgan fingerprint density at radius 2 is 1.75 bits per heavy atom. The van der Waals surface area contributed by atoms with Crippen LogP contribution in [0.1, 0.15) is 34.6 Å². The Bertz CT molecular complexity index is 231. The molecule has 1 heteroatoms. The van der Waals surface area contributed by atoms with E-state index in [0.717, 1.165) is 0 Å². The van der Waals surface area contributed by atoms with E-state index in [9.17, 15) is 4.79 Å². The smallest absolute Gasteiger partial charge is 0.134 e. The second-order valence-electron chi connectivity index (χ2n) is 4.68. The Labute approximate surface area is 74.9 Å². The number of hydrogen-bond donors (Lipinski definition) is 0. The minimum atomic E-state index is 0.211. The van der Waals surface area contributed by atoms with Crippen molar-refractivity contribution in [1.82, 2.24) is 0 Å². The van der Waals surface area contributed by atoms with Gasteiger partial charge in [-0.05, 0) is 32.1 Å². The zero-order chi connectivity index (χ0) is 9.52. The van der Waals surface area contributed by atoms with Gasteiger partial charge >= 0.3 is 0 Å². The van der Waals surface area contributed by atoms with Crippen LogP contribution in [0.25, 0.3) is 0 Å². The Morgan fingerprint density at radius 1 is 1.25 bits per heavy atom. The summed E-state index contributed by atoms with van der Waals surface area (Å²) in [7, 11) is 0. The second kappa shape index (κ2) is 2.72. The Balaban J connectivity index is 2.73. The van der Waals surface area contributed by atoms with Crippen molar-refractivity contribution < 1.29 is 4.79 Å². The fraction of sp³-hybridized carbons (Fsp3) is 0.727. The van der Waals surface area contributed by atoms with Crippen LogP contribution in [0.2, 0.25) is 0 Å². The maximum absolute atomic E-state index is 11.2. The third-order valence-electron chi connectivity index (χ3n) is 2.86. The van der Waals surface area contributed by atoms with Crippen LogP contribution < -0.4 is 0 Å². The highest BCUT2D eigenvalue weighted by Crippen LogP contribution is 2.59. The summed E-state index contributed by atoms with van der Waals surface area (Å²) in [6.07, 6.45) is 2.23. The van der Waals surface area contributed by atoms with Gasteiger partial charge in [0.25, 0.3) is 0 Å². The maximum atomic E-state index is 11.2. The fourth-order valence-electron chi connectivity index (χ4n) is 2.12. The summed E-state index contributed by atoms with van der Waals surface area (Å²) in [4.78, 5) is 11.2. The Hall–Kier alpha value is -0.590. The number of carbonyl (C=O) groups is 1. The number of rotatable bonds is 2. The summed E-state index contributed by atoms with van der Waals surface area (Å²) in [5.74, 6) is 1.09. The largest absolute Gasteiger partial charge is 0.300 e. The van der Waals surface area contributed by atoms with Crippen molar-refractivity contribution in [2.45, 2.75) is 34.6 Å². The highest BCUT2D eigenvalue weighted by molar-refractivity contribution is 5.83. The zero-order valence-electron chi connectivity index (χ0n) is 8.64. The Morgan fingerprint density at radius 3 is 2.00 bits per heavy atom. The van der Waals surface area contributed by atoms with Gasteiger partial charge in [-0.3, -0.25) is 4.79 Å². The van der Waals surface area contributed by atoms with Crippen molar-refractivity contribution in [2.75, 3.05) is 0 Å². The highest BCUT2D eigenvalue weighted by atomic mass is 16.1. The van der Waals surface area contributed by atoms with E-state index in [2.05, 4.69) is 33.8 Å². The van der Waals surface area contributed by atoms with Gasteiger partial charge in [-0.2, -0.15) is 0 Å². The van der Waals surface area contributed by atoms with Gasteiger partial charge in [0.15, 0.2) is 0 Å². The summed E-state index contributed by atoms with van der Waals surface area (Å²) in [6, 6.07) is 0. The first-order valence-corrected chi connectivity index (χ1v) is 4.53. The molecule has 0 N–H and O–H groups in total. The molecule has 0 spiro atoms. The lowest BCUT2D eigenvalue weighted by Gasteiger charge is -1.97. The highest BCUT2D eigenvalue weighted by Gasteiger charge is 2.58. The Kier molecular flexibility index (Phi) is 2.15. The van der Waals surface area contributed by atoms with Crippen LogP contribution in [0.3, 0.4) is 0 Å². The molecule has 1 saturated carbocycles. The van der Waals surface area contributed by atoms with Crippen molar-refractivity contribution in [1.29, 1.82) is 0 Å². The van der Waals surface area contributed by atoms with Crippen molar-refractivity contribution in [3.05, 3.63) is 11.6 Å². The van der Waals surface area contributed by atoms with Gasteiger partial charge < -0.3 is 0 Å². The van der Waals surface area contributed by atoms with Crippen LogP contribution in [0.15, 0.2) is 11.6 Å². The number of carbonyl (C=O) groups excluding carboxylic acids is 1. The molecule has 0 heterocycles. The van der Waals surface area contributed by atoms with Crippen molar-refractivity contribution in [3.63, 3.8) is 0 Å². The molecule has 1 rings (SSSR count). The standard InChI is InChI=1S/C11H18O/c1-7(2)6-9-10(8(3)12)11(9,4)5/h6,9-10H,1-5H3/t9-,10-/m1/s1. The summed E-state index contributed by atoms with van der Waals surface area (Å²) in [5, 5.41) is 0. The van der Waals surface area contributed by atoms with Crippen LogP contribution in [-0.4, -0.2) is 5.78 Å². The van der Waals surface area contributed by atoms with Crippen molar-refractivity contribution >= 4 is 5.78 Å². The van der Waals surface area contributed by atoms with E-state index in [1.54, 1.807) is 6.92 Å². The minimum absolute atomic E-state index is 0.211. The molecular weight excluding hydrogens is 148 g/mol. The molecular formula is C11H18O. The molecule has 0 amide bonds. The third-order valence-corrected chi connectivity index (χ3v) is 2.86. The van der Waals surface area contributed by atoms with Gasteiger partial charge in [0.05, 0.1) is 0 Å². The van der Waals surface area contributed by atoms with Crippen LogP contribution in [0.4, 0.5) is 0 Å². The summed E-state index contributed by atoms with van der Waals surface area (Å²) < 4.78 is 0. The number of Topliss-reactive ketones (excluding diaryl/α,β-unsaturated/α-hetero) is 1. The monoisotopic (exact) mass is 166 g/mol. The first kappa shape index (κ1) is 9.50. The van der Waals surface area contributed by atoms with Gasteiger partial charge in [0, 0.05) is 5.92 Å². The summed E-state index contributed by atoms with van der Waals surface area (Å²) in [5.41, 5.74) is 1.53. The first-order valence-electron chi connectivity index (χ1n) is 4.53. The van der Waals surface area contributed by atoms with Crippen molar-refractivity contribution in [3.8, 4) is 0 Å². The normalized spacial score (nSPS) is 31.1. The lowest BCUT2D eigenvalue weighted by molar-refractivity contribution is -0.118. The average molecular weight is 166 g/mol. The quantitative estimate of drug-likeness (QED) is 0.576. The fourth-order valence-corrected chi connectivity index (χ4v) is 2.12. The average Bonchev–Trinajstić information content (AvgIpc) is 2.32. The predicted octanol–water partition coefficient (Wildman–Crippen LogP) is 2.81. The lowest BCUT2D eigenvalue weighted by Crippen LogP contribution is -1.99. The van der Waals surface area contributed by atoms with E-state index in [1.807, 2.05) is 0 Å². The van der Waals surface area contributed by atoms with Crippen LogP contribution in [0, 0.1) is 17.3 Å². The lowest BCUT2D eigenvalue weighted by atomic mass is 10.1. The molecule has 0 aromatic rings. The molecule has 0 aromatic carbocycles. The van der Waals surface area contributed by atoms with Crippen LogP contribution in [0.5, 0.6) is 0 Å². The molecule has 0 bridgehead atoms. The van der Waals surface area contributed by atoms with Gasteiger partial charge in [0.2, 0.25) is 0 Å². The number of allylic oxidation sites excluding steroid dienone is 2. The SMILES string of the molecule is CC(=O)[C@@H]1[C@@H](C=C(C)C)C1(C)C. The maximum Gasteiger partial charge on any atom is 0.134 e. The molecule has 12 heavy (non-hydrogen) atoms. The molecule has 0 aromatic heterocycles. The van der Waals surface area contributed by atoms with Gasteiger partial charge in [-0.25, -0.2) is 0 Å². The van der Waals surface area contributed by atoms with Gasteiger partial charge in [-0.1, -0.05) is 25.5 Å². The molecule has 0 unspecified atom stereocenters. The van der Waals surface area contributed by atoms with E-state index >= 15 is 0 Å². The zero-order valence-corrected chi connectivity index (χ0v) is 8.64. The van der Waals surface area contributed by atoms with Gasteiger partial charge in [0.1, 0.15) is 5.78 Å². The van der Waals surface area contributed by atoms with E-state index in [0.29, 0.717) is 11.7 Å². The molecule has 0 radical (unpaired) electrons. The molecule has 1 fully saturated rings. The van der Waals surface area contributed by atoms with Crippen LogP contribution >= 0.6 is 0 Å². The van der Waals surface area contributed by atoms with E-state index < -0.39 is 0 Å². The van der Waals surface area contributed by atoms with Gasteiger partial charge in [-0.15, -0.1) is 0 Å². The minimum Gasteiger partial charge on any atom is -0.300 e. The molecule has 1 aliphatic carbocycles. The molecule has 1 nitrogen and oxygen atoms in total. The summed E-state index contributed by atoms with van der Waals surface area (Å²) in [6.45, 7) is 10.2. The first-order chi connectivity index (χ1) is 5.37. The number of hydrogen-bond acceptors (Lipinski definition) is 1. The molecule has 1 aliphatic rings. The van der Waals surface area contributed by atoms with E-state index in [4.69, 9.17) is 0 Å². The molecule has 0 saturated heterocycles. The number of ketones is 1. The van der Waals surface area contributed by atoms with Crippen LogP contribution in [-0.2, 0) is 4.79 Å². The van der Waals surface area contributed by atoms with E-state index in [1.165, 1.54) is 5.57 Å². The topological polar surface area (TPSA) is 17.1 Å².